The second kappa shape index (κ2) is 3.57. The number of rotatable bonds is 1. The van der Waals surface area contributed by atoms with Crippen LogP contribution in [0.25, 0.3) is 0 Å². The fourth-order valence-corrected chi connectivity index (χ4v) is 2.27. The molecule has 1 aliphatic heterocycles. The van der Waals surface area contributed by atoms with Gasteiger partial charge in [0.1, 0.15) is 6.04 Å². The number of carboxylic acids is 1. The van der Waals surface area contributed by atoms with E-state index in [-0.39, 0.29) is 6.04 Å². The molecular weight excluding hydrogens is 190 g/mol. The van der Waals surface area contributed by atoms with E-state index in [0.717, 1.165) is 12.1 Å². The average Bonchev–Trinajstić information content (AvgIpc) is 2.19. The van der Waals surface area contributed by atoms with E-state index < -0.39 is 5.97 Å². The van der Waals surface area contributed by atoms with Gasteiger partial charge in [-0.15, -0.1) is 0 Å². The molecule has 80 valence electrons. The van der Waals surface area contributed by atoms with Crippen molar-refractivity contribution in [2.75, 3.05) is 11.9 Å². The van der Waals surface area contributed by atoms with Gasteiger partial charge >= 0.3 is 5.97 Å². The number of hydrogen-bond donors (Lipinski definition) is 1. The molecule has 2 rings (SSSR count). The number of hydrogen-bond acceptors (Lipinski definition) is 2. The van der Waals surface area contributed by atoms with Gasteiger partial charge in [0.15, 0.2) is 0 Å². The number of anilines is 1. The number of aliphatic carboxylic acids is 1. The molecule has 1 unspecified atom stereocenters. The highest BCUT2D eigenvalue weighted by Gasteiger charge is 2.28. The largest absolute Gasteiger partial charge is 0.480 e. The highest BCUT2D eigenvalue weighted by molar-refractivity contribution is 5.80. The van der Waals surface area contributed by atoms with Gasteiger partial charge in [-0.2, -0.15) is 0 Å². The maximum absolute atomic E-state index is 11.0. The highest BCUT2D eigenvalue weighted by atomic mass is 16.4. The number of aryl methyl sites for hydroxylation is 1. The van der Waals surface area contributed by atoms with E-state index in [4.69, 9.17) is 5.11 Å². The van der Waals surface area contributed by atoms with Crippen LogP contribution in [0.15, 0.2) is 18.2 Å². The van der Waals surface area contributed by atoms with E-state index in [1.165, 1.54) is 11.1 Å². The quantitative estimate of drug-likeness (QED) is 0.760. The molecule has 0 aromatic heterocycles. The van der Waals surface area contributed by atoms with Crippen LogP contribution in [0.4, 0.5) is 5.69 Å². The lowest BCUT2D eigenvalue weighted by Crippen LogP contribution is -2.42. The fraction of sp³-hybridized carbons (Fsp3) is 0.417. The van der Waals surface area contributed by atoms with E-state index in [1.807, 2.05) is 24.1 Å². The summed E-state index contributed by atoms with van der Waals surface area (Å²) in [5.74, 6) is -0.732. The zero-order chi connectivity index (χ0) is 11.0. The van der Waals surface area contributed by atoms with Crippen LogP contribution in [0, 0.1) is 6.92 Å². The Hall–Kier alpha value is -1.51. The van der Waals surface area contributed by atoms with Gasteiger partial charge in [0.2, 0.25) is 0 Å². The summed E-state index contributed by atoms with van der Waals surface area (Å²) in [5.41, 5.74) is 3.61. The van der Waals surface area contributed by atoms with E-state index in [2.05, 4.69) is 13.0 Å². The minimum Gasteiger partial charge on any atom is -0.480 e. The highest BCUT2D eigenvalue weighted by Crippen LogP contribution is 2.31. The molecule has 0 radical (unpaired) electrons. The van der Waals surface area contributed by atoms with Gasteiger partial charge in [0.25, 0.3) is 0 Å². The molecule has 1 aromatic rings. The van der Waals surface area contributed by atoms with Crippen LogP contribution < -0.4 is 4.90 Å². The number of benzene rings is 1. The van der Waals surface area contributed by atoms with Crippen molar-refractivity contribution in [3.05, 3.63) is 29.3 Å². The van der Waals surface area contributed by atoms with Gasteiger partial charge < -0.3 is 10.0 Å². The first-order valence-corrected chi connectivity index (χ1v) is 5.15. The first kappa shape index (κ1) is 10.0. The van der Waals surface area contributed by atoms with Gasteiger partial charge in [0, 0.05) is 12.7 Å². The Morgan fingerprint density at radius 1 is 1.53 bits per heavy atom. The summed E-state index contributed by atoms with van der Waals surface area (Å²) in [6.45, 7) is 2.08. The fourth-order valence-electron chi connectivity index (χ4n) is 2.27. The Balaban J connectivity index is 2.42. The molecule has 1 aromatic carbocycles. The molecule has 1 atom stereocenters. The van der Waals surface area contributed by atoms with Crippen molar-refractivity contribution < 1.29 is 9.90 Å². The summed E-state index contributed by atoms with van der Waals surface area (Å²) in [4.78, 5) is 12.9. The maximum Gasteiger partial charge on any atom is 0.326 e. The Labute approximate surface area is 89.3 Å². The van der Waals surface area contributed by atoms with E-state index in [9.17, 15) is 4.79 Å². The van der Waals surface area contributed by atoms with Crippen molar-refractivity contribution in [3.63, 3.8) is 0 Å². The monoisotopic (exact) mass is 205 g/mol. The summed E-state index contributed by atoms with van der Waals surface area (Å²) < 4.78 is 0. The number of nitrogens with zero attached hydrogens (tertiary/aromatic N) is 1. The minimum absolute atomic E-state index is 0.376. The SMILES string of the molecule is Cc1cccc2c1CCC(C(=O)O)N2C. The molecule has 0 amide bonds. The predicted molar refractivity (Wildman–Crippen MR) is 59.3 cm³/mol. The third-order valence-corrected chi connectivity index (χ3v) is 3.19. The maximum atomic E-state index is 11.0. The molecule has 0 bridgehead atoms. The van der Waals surface area contributed by atoms with Crippen LogP contribution in [-0.2, 0) is 11.2 Å². The summed E-state index contributed by atoms with van der Waals surface area (Å²) in [6, 6.07) is 5.68. The van der Waals surface area contributed by atoms with Gasteiger partial charge in [-0.1, -0.05) is 12.1 Å². The molecule has 1 heterocycles. The third-order valence-electron chi connectivity index (χ3n) is 3.19. The molecule has 0 spiro atoms. The number of fused-ring (bicyclic) bond motifs is 1. The number of likely N-dealkylation sites (N-methyl/N-ethyl adjacent to an activating group) is 1. The van der Waals surface area contributed by atoms with E-state index in [0.29, 0.717) is 6.42 Å². The summed E-state index contributed by atoms with van der Waals surface area (Å²) in [6.07, 6.45) is 1.56. The van der Waals surface area contributed by atoms with Crippen LogP contribution in [-0.4, -0.2) is 24.2 Å². The Bertz CT molecular complexity index is 401. The van der Waals surface area contributed by atoms with Crippen molar-refractivity contribution >= 4 is 11.7 Å². The summed E-state index contributed by atoms with van der Waals surface area (Å²) in [7, 11) is 1.86. The van der Waals surface area contributed by atoms with Crippen LogP contribution in [0.1, 0.15) is 17.5 Å². The lowest BCUT2D eigenvalue weighted by molar-refractivity contribution is -0.138. The van der Waals surface area contributed by atoms with Crippen LogP contribution in [0.3, 0.4) is 0 Å². The van der Waals surface area contributed by atoms with Gasteiger partial charge in [0.05, 0.1) is 0 Å². The van der Waals surface area contributed by atoms with Crippen LogP contribution >= 0.6 is 0 Å². The summed E-state index contributed by atoms with van der Waals surface area (Å²) in [5, 5.41) is 9.06. The van der Waals surface area contributed by atoms with Crippen molar-refractivity contribution in [1.29, 1.82) is 0 Å². The van der Waals surface area contributed by atoms with Gasteiger partial charge in [-0.3, -0.25) is 0 Å². The molecule has 0 saturated heterocycles. The third kappa shape index (κ3) is 1.58. The minimum atomic E-state index is -0.732. The standard InChI is InChI=1S/C12H15NO2/c1-8-4-3-5-10-9(8)6-7-11(12(14)15)13(10)2/h3-5,11H,6-7H2,1-2H3,(H,14,15). The van der Waals surface area contributed by atoms with Crippen molar-refractivity contribution in [2.24, 2.45) is 0 Å². The van der Waals surface area contributed by atoms with Gasteiger partial charge in [-0.05, 0) is 37.0 Å². The average molecular weight is 205 g/mol. The molecule has 0 fully saturated rings. The lowest BCUT2D eigenvalue weighted by atomic mass is 9.93. The van der Waals surface area contributed by atoms with Crippen molar-refractivity contribution in [3.8, 4) is 0 Å². The van der Waals surface area contributed by atoms with Crippen molar-refractivity contribution in [1.82, 2.24) is 0 Å². The smallest absolute Gasteiger partial charge is 0.326 e. The van der Waals surface area contributed by atoms with Crippen LogP contribution in [0.5, 0.6) is 0 Å². The molecular formula is C12H15NO2. The predicted octanol–water partition coefficient (Wildman–Crippen LogP) is 1.83. The first-order valence-electron chi connectivity index (χ1n) is 5.15. The van der Waals surface area contributed by atoms with Gasteiger partial charge in [-0.25, -0.2) is 4.79 Å². The molecule has 1 aliphatic rings. The van der Waals surface area contributed by atoms with E-state index >= 15 is 0 Å². The molecule has 3 nitrogen and oxygen atoms in total. The lowest BCUT2D eigenvalue weighted by Gasteiger charge is -2.34. The second-order valence-corrected chi connectivity index (χ2v) is 4.08. The molecule has 0 aliphatic carbocycles. The Morgan fingerprint density at radius 2 is 2.27 bits per heavy atom. The van der Waals surface area contributed by atoms with Crippen LogP contribution in [0.2, 0.25) is 0 Å². The number of carboxylic acid groups (broad SMARTS) is 1. The molecule has 3 heteroatoms. The Kier molecular flexibility index (Phi) is 2.39. The zero-order valence-corrected chi connectivity index (χ0v) is 9.03. The number of carbonyl (C=O) groups is 1. The Morgan fingerprint density at radius 3 is 2.93 bits per heavy atom. The molecule has 1 N–H and O–H groups in total. The first-order chi connectivity index (χ1) is 7.11. The van der Waals surface area contributed by atoms with Crippen molar-refractivity contribution in [2.45, 2.75) is 25.8 Å². The molecule has 0 saturated carbocycles. The second-order valence-electron chi connectivity index (χ2n) is 4.08. The van der Waals surface area contributed by atoms with E-state index in [1.54, 1.807) is 0 Å². The topological polar surface area (TPSA) is 40.5 Å². The molecule has 15 heavy (non-hydrogen) atoms. The normalized spacial score (nSPS) is 19.9. The summed E-state index contributed by atoms with van der Waals surface area (Å²) >= 11 is 0. The zero-order valence-electron chi connectivity index (χ0n) is 9.03.